The number of amides is 3. The fourth-order valence-corrected chi connectivity index (χ4v) is 4.54. The number of hydrogen-bond acceptors (Lipinski definition) is 5. The maximum atomic E-state index is 12.9. The van der Waals surface area contributed by atoms with Crippen molar-refractivity contribution in [1.29, 1.82) is 0 Å². The maximum absolute atomic E-state index is 12.9. The lowest BCUT2D eigenvalue weighted by Crippen LogP contribution is -2.69. The lowest BCUT2D eigenvalue weighted by Gasteiger charge is -2.46. The minimum atomic E-state index is -0.724. The van der Waals surface area contributed by atoms with E-state index in [1.807, 2.05) is 36.4 Å². The molecule has 3 aliphatic rings. The molecule has 0 bridgehead atoms. The van der Waals surface area contributed by atoms with Crippen molar-refractivity contribution in [2.24, 2.45) is 0 Å². The van der Waals surface area contributed by atoms with E-state index in [1.54, 1.807) is 11.0 Å². The SMILES string of the molecule is O=C(Oc1cccc2ccccc12)N1CCN2C(=O)[C@@H]3C[C@@H](O)CN3C(=O)[C@H]2C1. The fourth-order valence-electron chi connectivity index (χ4n) is 4.54. The molecule has 0 aromatic heterocycles. The molecule has 8 nitrogen and oxygen atoms in total. The molecule has 3 heterocycles. The van der Waals surface area contributed by atoms with Crippen LogP contribution in [0.5, 0.6) is 5.75 Å². The second-order valence-corrected chi connectivity index (χ2v) is 7.73. The standard InChI is InChI=1S/C21H21N3O5/c25-14-10-16-19(26)23-9-8-22(12-17(23)20(27)24(16)11-14)21(28)29-18-7-3-5-13-4-1-2-6-15(13)18/h1-7,14,16-17,25H,8-12H2/t14-,16+,17-/m1/s1. The molecule has 2 aromatic rings. The van der Waals surface area contributed by atoms with E-state index in [-0.39, 0.29) is 37.9 Å². The Balaban J connectivity index is 1.34. The van der Waals surface area contributed by atoms with Gasteiger partial charge in [-0.1, -0.05) is 36.4 Å². The number of ether oxygens (including phenoxy) is 1. The highest BCUT2D eigenvalue weighted by atomic mass is 16.6. The molecule has 0 saturated carbocycles. The number of rotatable bonds is 1. The van der Waals surface area contributed by atoms with Crippen LogP contribution in [0, 0.1) is 0 Å². The van der Waals surface area contributed by atoms with Crippen molar-refractivity contribution in [3.05, 3.63) is 42.5 Å². The van der Waals surface area contributed by atoms with Gasteiger partial charge in [-0.05, 0) is 11.5 Å². The Morgan fingerprint density at radius 1 is 0.931 bits per heavy atom. The highest BCUT2D eigenvalue weighted by Gasteiger charge is 2.52. The average Bonchev–Trinajstić information content (AvgIpc) is 3.14. The number of fused-ring (bicyclic) bond motifs is 3. The topological polar surface area (TPSA) is 90.4 Å². The third-order valence-electron chi connectivity index (χ3n) is 6.00. The smallest absolute Gasteiger partial charge is 0.410 e. The molecule has 0 radical (unpaired) electrons. The minimum Gasteiger partial charge on any atom is -0.410 e. The minimum absolute atomic E-state index is 0.0908. The Morgan fingerprint density at radius 3 is 2.55 bits per heavy atom. The van der Waals surface area contributed by atoms with Gasteiger partial charge in [0.15, 0.2) is 0 Å². The van der Waals surface area contributed by atoms with Gasteiger partial charge in [0.05, 0.1) is 12.6 Å². The maximum Gasteiger partial charge on any atom is 0.415 e. The highest BCUT2D eigenvalue weighted by Crippen LogP contribution is 2.30. The van der Waals surface area contributed by atoms with Gasteiger partial charge in [0.2, 0.25) is 11.8 Å². The summed E-state index contributed by atoms with van der Waals surface area (Å²) in [6, 6.07) is 11.8. The molecule has 3 saturated heterocycles. The van der Waals surface area contributed by atoms with Gasteiger partial charge < -0.3 is 24.5 Å². The van der Waals surface area contributed by atoms with Crippen LogP contribution in [0.3, 0.4) is 0 Å². The average molecular weight is 395 g/mol. The summed E-state index contributed by atoms with van der Waals surface area (Å²) < 4.78 is 5.63. The van der Waals surface area contributed by atoms with Crippen molar-refractivity contribution in [2.75, 3.05) is 26.2 Å². The number of carbonyl (C=O) groups is 3. The van der Waals surface area contributed by atoms with Gasteiger partial charge in [0, 0.05) is 31.4 Å². The van der Waals surface area contributed by atoms with Crippen LogP contribution in [0.25, 0.3) is 10.8 Å². The molecule has 0 spiro atoms. The quantitative estimate of drug-likeness (QED) is 0.772. The van der Waals surface area contributed by atoms with Gasteiger partial charge in [0.1, 0.15) is 17.8 Å². The van der Waals surface area contributed by atoms with Crippen LogP contribution in [-0.4, -0.2) is 82.1 Å². The predicted octanol–water partition coefficient (Wildman–Crippen LogP) is 0.827. The van der Waals surface area contributed by atoms with Crippen LogP contribution in [0.1, 0.15) is 6.42 Å². The summed E-state index contributed by atoms with van der Waals surface area (Å²) in [5.41, 5.74) is 0. The zero-order valence-electron chi connectivity index (χ0n) is 15.7. The Hall–Kier alpha value is -3.13. The van der Waals surface area contributed by atoms with Crippen molar-refractivity contribution in [2.45, 2.75) is 24.6 Å². The molecule has 150 valence electrons. The molecular weight excluding hydrogens is 374 g/mol. The lowest BCUT2D eigenvalue weighted by atomic mass is 10.0. The molecule has 1 N–H and O–H groups in total. The van der Waals surface area contributed by atoms with E-state index in [4.69, 9.17) is 4.74 Å². The molecule has 5 rings (SSSR count). The summed E-state index contributed by atoms with van der Waals surface area (Å²) >= 11 is 0. The molecule has 0 unspecified atom stereocenters. The first-order valence-corrected chi connectivity index (χ1v) is 9.76. The molecule has 3 fully saturated rings. The molecule has 3 amide bonds. The largest absolute Gasteiger partial charge is 0.415 e. The van der Waals surface area contributed by atoms with Crippen LogP contribution in [0.2, 0.25) is 0 Å². The van der Waals surface area contributed by atoms with E-state index in [1.165, 1.54) is 9.80 Å². The first kappa shape index (κ1) is 17.9. The number of benzene rings is 2. The third kappa shape index (κ3) is 2.91. The Bertz CT molecular complexity index is 1000. The third-order valence-corrected chi connectivity index (χ3v) is 6.00. The summed E-state index contributed by atoms with van der Waals surface area (Å²) in [4.78, 5) is 42.9. The van der Waals surface area contributed by atoms with Crippen molar-refractivity contribution >= 4 is 28.7 Å². The van der Waals surface area contributed by atoms with Crippen molar-refractivity contribution in [3.8, 4) is 5.75 Å². The number of aliphatic hydroxyl groups is 1. The fraction of sp³-hybridized carbons (Fsp3) is 0.381. The zero-order valence-corrected chi connectivity index (χ0v) is 15.7. The van der Waals surface area contributed by atoms with Crippen LogP contribution in [0.15, 0.2) is 42.5 Å². The second kappa shape index (κ2) is 6.73. The normalized spacial score (nSPS) is 26.5. The Kier molecular flexibility index (Phi) is 4.16. The Labute approximate surface area is 167 Å². The van der Waals surface area contributed by atoms with Crippen LogP contribution in [-0.2, 0) is 9.59 Å². The number of piperazine rings is 2. The highest BCUT2D eigenvalue weighted by molar-refractivity contribution is 5.98. The summed E-state index contributed by atoms with van der Waals surface area (Å²) in [6.45, 7) is 0.836. The molecule has 29 heavy (non-hydrogen) atoms. The molecule has 2 aromatic carbocycles. The van der Waals surface area contributed by atoms with E-state index in [0.29, 0.717) is 12.3 Å². The van der Waals surface area contributed by atoms with E-state index < -0.39 is 24.3 Å². The molecule has 3 atom stereocenters. The van der Waals surface area contributed by atoms with Gasteiger partial charge in [-0.15, -0.1) is 0 Å². The monoisotopic (exact) mass is 395 g/mol. The zero-order chi connectivity index (χ0) is 20.1. The number of aliphatic hydroxyl groups excluding tert-OH is 1. The van der Waals surface area contributed by atoms with Crippen molar-refractivity contribution in [1.82, 2.24) is 14.7 Å². The van der Waals surface area contributed by atoms with E-state index in [9.17, 15) is 19.5 Å². The van der Waals surface area contributed by atoms with E-state index in [2.05, 4.69) is 0 Å². The van der Waals surface area contributed by atoms with Gasteiger partial charge in [0.25, 0.3) is 0 Å². The molecule has 0 aliphatic carbocycles. The Morgan fingerprint density at radius 2 is 1.69 bits per heavy atom. The van der Waals surface area contributed by atoms with Crippen molar-refractivity contribution < 1.29 is 24.2 Å². The predicted molar refractivity (Wildman–Crippen MR) is 103 cm³/mol. The van der Waals surface area contributed by atoms with E-state index >= 15 is 0 Å². The lowest BCUT2D eigenvalue weighted by molar-refractivity contribution is -0.162. The van der Waals surface area contributed by atoms with Gasteiger partial charge in [-0.25, -0.2) is 4.79 Å². The van der Waals surface area contributed by atoms with Crippen LogP contribution in [0.4, 0.5) is 4.79 Å². The second-order valence-electron chi connectivity index (χ2n) is 7.73. The first-order chi connectivity index (χ1) is 14.0. The number of nitrogens with zero attached hydrogens (tertiary/aromatic N) is 3. The summed E-state index contributed by atoms with van der Waals surface area (Å²) in [5, 5.41) is 11.7. The summed E-state index contributed by atoms with van der Waals surface area (Å²) in [7, 11) is 0. The van der Waals surface area contributed by atoms with E-state index in [0.717, 1.165) is 10.8 Å². The van der Waals surface area contributed by atoms with Gasteiger partial charge in [-0.2, -0.15) is 0 Å². The number of carbonyl (C=O) groups excluding carboxylic acids is 3. The summed E-state index contributed by atoms with van der Waals surface area (Å²) in [5.74, 6) is 0.103. The molecule has 3 aliphatic heterocycles. The van der Waals surface area contributed by atoms with Crippen molar-refractivity contribution in [3.63, 3.8) is 0 Å². The van der Waals surface area contributed by atoms with Crippen LogP contribution >= 0.6 is 0 Å². The van der Waals surface area contributed by atoms with Gasteiger partial charge >= 0.3 is 6.09 Å². The molecule has 8 heteroatoms. The van der Waals surface area contributed by atoms with Crippen LogP contribution < -0.4 is 4.74 Å². The molecular formula is C21H21N3O5. The first-order valence-electron chi connectivity index (χ1n) is 9.76. The number of hydrogen-bond donors (Lipinski definition) is 1. The summed E-state index contributed by atoms with van der Waals surface area (Å²) in [6.07, 6.45) is -0.938. The van der Waals surface area contributed by atoms with Gasteiger partial charge in [-0.3, -0.25) is 9.59 Å².